The van der Waals surface area contributed by atoms with Gasteiger partial charge in [-0.25, -0.2) is 4.79 Å². The van der Waals surface area contributed by atoms with Crippen LogP contribution in [0.15, 0.2) is 30.3 Å². The van der Waals surface area contributed by atoms with Crippen LogP contribution in [0.4, 0.5) is 4.79 Å². The van der Waals surface area contributed by atoms with Gasteiger partial charge >= 0.3 is 6.03 Å². The predicted octanol–water partition coefficient (Wildman–Crippen LogP) is 0.752. The summed E-state index contributed by atoms with van der Waals surface area (Å²) in [5.74, 6) is -0.0935. The Morgan fingerprint density at radius 1 is 1.42 bits per heavy atom. The number of urea groups is 1. The number of carbonyl (C=O) groups excluding carboxylic acids is 1. The second kappa shape index (κ2) is 6.19. The molecule has 0 bridgehead atoms. The van der Waals surface area contributed by atoms with E-state index in [0.29, 0.717) is 13.2 Å². The summed E-state index contributed by atoms with van der Waals surface area (Å²) in [5, 5.41) is 13.1. The van der Waals surface area contributed by atoms with E-state index in [-0.39, 0.29) is 17.9 Å². The second-order valence-corrected chi connectivity index (χ2v) is 4.48. The highest BCUT2D eigenvalue weighted by Gasteiger charge is 2.21. The quantitative estimate of drug-likeness (QED) is 0.476. The Morgan fingerprint density at radius 2 is 2.16 bits per heavy atom. The summed E-state index contributed by atoms with van der Waals surface area (Å²) in [4.78, 5) is 11.9. The van der Waals surface area contributed by atoms with Gasteiger partial charge in [-0.15, -0.1) is 0 Å². The van der Waals surface area contributed by atoms with Crippen LogP contribution in [0.3, 0.4) is 0 Å². The first kappa shape index (κ1) is 13.4. The standard InChI is InChI=1S/C13H18N4O2/c14-12(15)11(9-4-2-1-3-5-9)17-13(18)16-10-6-7-19-8-10/h1-5,10-11H,6-8H2,(H3,14,15)(H2,16,17,18). The summed E-state index contributed by atoms with van der Waals surface area (Å²) in [5.41, 5.74) is 6.33. The van der Waals surface area contributed by atoms with E-state index in [2.05, 4.69) is 10.6 Å². The number of amidine groups is 1. The van der Waals surface area contributed by atoms with E-state index >= 15 is 0 Å². The van der Waals surface area contributed by atoms with E-state index in [0.717, 1.165) is 12.0 Å². The summed E-state index contributed by atoms with van der Waals surface area (Å²) in [6.45, 7) is 1.20. The SMILES string of the molecule is N=C(N)C(NC(=O)NC1CCOC1)c1ccccc1. The van der Waals surface area contributed by atoms with Crippen LogP contribution in [-0.4, -0.2) is 31.1 Å². The van der Waals surface area contributed by atoms with Crippen LogP contribution in [-0.2, 0) is 4.74 Å². The van der Waals surface area contributed by atoms with Gasteiger partial charge in [0.05, 0.1) is 12.6 Å². The van der Waals surface area contributed by atoms with Gasteiger partial charge < -0.3 is 21.1 Å². The number of ether oxygens (including phenoxy) is 1. The fourth-order valence-corrected chi connectivity index (χ4v) is 1.99. The first-order valence-electron chi connectivity index (χ1n) is 6.20. The minimum Gasteiger partial charge on any atom is -0.386 e. The van der Waals surface area contributed by atoms with Gasteiger partial charge in [0.25, 0.3) is 0 Å². The highest BCUT2D eigenvalue weighted by Crippen LogP contribution is 2.12. The Kier molecular flexibility index (Phi) is 4.35. The van der Waals surface area contributed by atoms with E-state index in [4.69, 9.17) is 15.9 Å². The average molecular weight is 262 g/mol. The lowest BCUT2D eigenvalue weighted by Crippen LogP contribution is -2.46. The number of nitrogens with one attached hydrogen (secondary N) is 3. The third kappa shape index (κ3) is 3.69. The highest BCUT2D eigenvalue weighted by atomic mass is 16.5. The van der Waals surface area contributed by atoms with Crippen LogP contribution in [0.2, 0.25) is 0 Å². The van der Waals surface area contributed by atoms with Gasteiger partial charge in [-0.2, -0.15) is 0 Å². The smallest absolute Gasteiger partial charge is 0.315 e. The molecule has 1 aromatic rings. The minimum atomic E-state index is -0.608. The minimum absolute atomic E-state index is 0.0309. The van der Waals surface area contributed by atoms with E-state index in [1.54, 1.807) is 0 Å². The molecule has 1 aliphatic rings. The van der Waals surface area contributed by atoms with Crippen LogP contribution >= 0.6 is 0 Å². The second-order valence-electron chi connectivity index (χ2n) is 4.48. The molecule has 0 aromatic heterocycles. The fourth-order valence-electron chi connectivity index (χ4n) is 1.99. The zero-order valence-electron chi connectivity index (χ0n) is 10.6. The molecular formula is C13H18N4O2. The third-order valence-electron chi connectivity index (χ3n) is 2.98. The maximum atomic E-state index is 11.9. The van der Waals surface area contributed by atoms with Gasteiger partial charge in [-0.1, -0.05) is 30.3 Å². The first-order chi connectivity index (χ1) is 9.16. The van der Waals surface area contributed by atoms with E-state index < -0.39 is 6.04 Å². The lowest BCUT2D eigenvalue weighted by Gasteiger charge is -2.19. The molecule has 1 saturated heterocycles. The summed E-state index contributed by atoms with van der Waals surface area (Å²) in [7, 11) is 0. The molecule has 2 amide bonds. The number of rotatable bonds is 4. The van der Waals surface area contributed by atoms with Crippen molar-refractivity contribution in [3.05, 3.63) is 35.9 Å². The number of hydrogen-bond donors (Lipinski definition) is 4. The Balaban J connectivity index is 1.97. The number of carbonyl (C=O) groups is 1. The topological polar surface area (TPSA) is 100 Å². The van der Waals surface area contributed by atoms with Crippen LogP contribution in [0.5, 0.6) is 0 Å². The Morgan fingerprint density at radius 3 is 2.74 bits per heavy atom. The van der Waals surface area contributed by atoms with Crippen LogP contribution in [0.1, 0.15) is 18.0 Å². The predicted molar refractivity (Wildman–Crippen MR) is 72.0 cm³/mol. The molecule has 5 N–H and O–H groups in total. The molecule has 1 fully saturated rings. The third-order valence-corrected chi connectivity index (χ3v) is 2.98. The summed E-state index contributed by atoms with van der Waals surface area (Å²) in [6.07, 6.45) is 0.809. The monoisotopic (exact) mass is 262 g/mol. The number of benzene rings is 1. The highest BCUT2D eigenvalue weighted by molar-refractivity contribution is 5.88. The molecule has 2 unspecified atom stereocenters. The molecule has 0 aliphatic carbocycles. The van der Waals surface area contributed by atoms with Crippen LogP contribution in [0.25, 0.3) is 0 Å². The van der Waals surface area contributed by atoms with Crippen molar-refractivity contribution >= 4 is 11.9 Å². The molecule has 2 atom stereocenters. The van der Waals surface area contributed by atoms with Crippen molar-refractivity contribution < 1.29 is 9.53 Å². The molecule has 6 nitrogen and oxygen atoms in total. The molecule has 1 heterocycles. The van der Waals surface area contributed by atoms with E-state index in [9.17, 15) is 4.79 Å². The summed E-state index contributed by atoms with van der Waals surface area (Å²) < 4.78 is 5.19. The van der Waals surface area contributed by atoms with Gasteiger partial charge in [0.1, 0.15) is 11.9 Å². The molecule has 6 heteroatoms. The van der Waals surface area contributed by atoms with Crippen molar-refractivity contribution in [2.24, 2.45) is 5.73 Å². The lowest BCUT2D eigenvalue weighted by molar-refractivity contribution is 0.188. The Hall–Kier alpha value is -2.08. The molecule has 0 radical (unpaired) electrons. The maximum absolute atomic E-state index is 11.9. The van der Waals surface area contributed by atoms with Crippen LogP contribution < -0.4 is 16.4 Å². The van der Waals surface area contributed by atoms with Gasteiger partial charge in [0, 0.05) is 6.61 Å². The summed E-state index contributed by atoms with van der Waals surface area (Å²) in [6, 6.07) is 8.30. The van der Waals surface area contributed by atoms with Gasteiger partial charge in [0.15, 0.2) is 0 Å². The average Bonchev–Trinajstić information content (AvgIpc) is 2.89. The van der Waals surface area contributed by atoms with Crippen molar-refractivity contribution in [2.75, 3.05) is 13.2 Å². The van der Waals surface area contributed by atoms with E-state index in [1.807, 2.05) is 30.3 Å². The lowest BCUT2D eigenvalue weighted by atomic mass is 10.1. The van der Waals surface area contributed by atoms with Crippen LogP contribution in [0, 0.1) is 5.41 Å². The molecule has 1 aromatic carbocycles. The molecule has 1 aliphatic heterocycles. The van der Waals surface area contributed by atoms with Crippen molar-refractivity contribution in [3.63, 3.8) is 0 Å². The van der Waals surface area contributed by atoms with Gasteiger partial charge in [-0.3, -0.25) is 5.41 Å². The molecular weight excluding hydrogens is 244 g/mol. The van der Waals surface area contributed by atoms with Gasteiger partial charge in [0.2, 0.25) is 0 Å². The Bertz CT molecular complexity index is 443. The number of amides is 2. The summed E-state index contributed by atoms with van der Waals surface area (Å²) >= 11 is 0. The normalized spacial score (nSPS) is 19.7. The van der Waals surface area contributed by atoms with Gasteiger partial charge in [-0.05, 0) is 12.0 Å². The zero-order valence-corrected chi connectivity index (χ0v) is 10.6. The molecule has 2 rings (SSSR count). The first-order valence-corrected chi connectivity index (χ1v) is 6.20. The zero-order chi connectivity index (χ0) is 13.7. The maximum Gasteiger partial charge on any atom is 0.315 e. The van der Waals surface area contributed by atoms with Crippen molar-refractivity contribution in [1.82, 2.24) is 10.6 Å². The number of hydrogen-bond acceptors (Lipinski definition) is 3. The van der Waals surface area contributed by atoms with Crippen molar-refractivity contribution in [3.8, 4) is 0 Å². The van der Waals surface area contributed by atoms with Crippen molar-refractivity contribution in [2.45, 2.75) is 18.5 Å². The van der Waals surface area contributed by atoms with Crippen molar-refractivity contribution in [1.29, 1.82) is 5.41 Å². The Labute approximate surface area is 111 Å². The molecule has 0 saturated carbocycles. The fraction of sp³-hybridized carbons (Fsp3) is 0.385. The largest absolute Gasteiger partial charge is 0.386 e. The molecule has 102 valence electrons. The molecule has 19 heavy (non-hydrogen) atoms. The van der Waals surface area contributed by atoms with E-state index in [1.165, 1.54) is 0 Å². The molecule has 0 spiro atoms. The number of nitrogens with two attached hydrogens (primary N) is 1.